The van der Waals surface area contributed by atoms with Gasteiger partial charge in [0.25, 0.3) is 0 Å². The van der Waals surface area contributed by atoms with Crippen molar-refractivity contribution in [1.82, 2.24) is 10.2 Å². The van der Waals surface area contributed by atoms with Gasteiger partial charge in [0.2, 0.25) is 11.8 Å². The Kier molecular flexibility index (Phi) is 5.48. The lowest BCUT2D eigenvalue weighted by Crippen LogP contribution is -2.14. The van der Waals surface area contributed by atoms with E-state index in [1.54, 1.807) is 13.2 Å². The molecule has 1 heterocycles. The van der Waals surface area contributed by atoms with Crippen LogP contribution in [0.4, 0.5) is 6.01 Å². The number of nitrogens with one attached hydrogen (secondary N) is 1. The maximum atomic E-state index is 12.1. The monoisotopic (exact) mass is 353 g/mol. The highest BCUT2D eigenvalue weighted by Crippen LogP contribution is 2.23. The van der Waals surface area contributed by atoms with Crippen LogP contribution in [0.3, 0.4) is 0 Å². The molecule has 1 N–H and O–H groups in total. The molecule has 0 atom stereocenters. The van der Waals surface area contributed by atoms with Crippen molar-refractivity contribution in [1.29, 1.82) is 0 Å². The number of carbonyl (C=O) groups excluding carboxylic acids is 1. The summed E-state index contributed by atoms with van der Waals surface area (Å²) < 4.78 is 16.0. The normalized spacial score (nSPS) is 10.4. The predicted molar refractivity (Wildman–Crippen MR) is 96.2 cm³/mol. The highest BCUT2D eigenvalue weighted by Gasteiger charge is 2.12. The molecule has 134 valence electrons. The molecule has 0 spiro atoms. The van der Waals surface area contributed by atoms with E-state index >= 15 is 0 Å². The molecule has 7 heteroatoms. The first-order valence-electron chi connectivity index (χ1n) is 8.17. The van der Waals surface area contributed by atoms with Crippen molar-refractivity contribution in [3.05, 3.63) is 54.1 Å². The van der Waals surface area contributed by atoms with Gasteiger partial charge in [-0.05, 0) is 48.9 Å². The molecule has 1 amide bonds. The zero-order valence-corrected chi connectivity index (χ0v) is 14.6. The predicted octanol–water partition coefficient (Wildman–Crippen LogP) is 3.33. The average Bonchev–Trinajstić information content (AvgIpc) is 3.11. The fourth-order valence-corrected chi connectivity index (χ4v) is 2.38. The summed E-state index contributed by atoms with van der Waals surface area (Å²) in [6.45, 7) is 2.52. The molecule has 0 saturated heterocycles. The number of hydrogen-bond donors (Lipinski definition) is 1. The van der Waals surface area contributed by atoms with Gasteiger partial charge in [0.05, 0.1) is 20.1 Å². The average molecular weight is 353 g/mol. The zero-order valence-electron chi connectivity index (χ0n) is 14.6. The molecule has 26 heavy (non-hydrogen) atoms. The standard InChI is InChI=1S/C19H19N3O4/c1-3-25-15-9-7-14(8-10-15)18-21-22-19(26-18)20-17(23)12-13-5-4-6-16(11-13)24-2/h4-11H,3,12H2,1-2H3,(H,20,22,23). The van der Waals surface area contributed by atoms with Gasteiger partial charge < -0.3 is 13.9 Å². The molecule has 0 fully saturated rings. The third kappa shape index (κ3) is 4.38. The van der Waals surface area contributed by atoms with Crippen LogP contribution in [0.25, 0.3) is 11.5 Å². The molecule has 0 aliphatic heterocycles. The lowest BCUT2D eigenvalue weighted by molar-refractivity contribution is -0.115. The Morgan fingerprint density at radius 3 is 2.65 bits per heavy atom. The summed E-state index contributed by atoms with van der Waals surface area (Å²) in [7, 11) is 1.58. The van der Waals surface area contributed by atoms with Gasteiger partial charge >= 0.3 is 6.01 Å². The fourth-order valence-electron chi connectivity index (χ4n) is 2.38. The van der Waals surface area contributed by atoms with Crippen LogP contribution in [-0.2, 0) is 11.2 Å². The van der Waals surface area contributed by atoms with E-state index in [4.69, 9.17) is 13.9 Å². The molecule has 0 saturated carbocycles. The fraction of sp³-hybridized carbons (Fsp3) is 0.211. The molecular formula is C19H19N3O4. The second-order valence-corrected chi connectivity index (χ2v) is 5.45. The van der Waals surface area contributed by atoms with Gasteiger partial charge in [-0.3, -0.25) is 10.1 Å². The summed E-state index contributed by atoms with van der Waals surface area (Å²) >= 11 is 0. The van der Waals surface area contributed by atoms with Crippen molar-refractivity contribution in [3.8, 4) is 23.0 Å². The molecule has 0 bridgehead atoms. The van der Waals surface area contributed by atoms with Crippen LogP contribution in [0.5, 0.6) is 11.5 Å². The number of methoxy groups -OCH3 is 1. The van der Waals surface area contributed by atoms with Gasteiger partial charge in [-0.1, -0.05) is 17.2 Å². The highest BCUT2D eigenvalue weighted by atomic mass is 16.5. The number of ether oxygens (including phenoxy) is 2. The van der Waals surface area contributed by atoms with E-state index in [1.807, 2.05) is 49.4 Å². The Labute approximate surface area is 151 Å². The molecule has 0 radical (unpaired) electrons. The molecule has 7 nitrogen and oxygen atoms in total. The van der Waals surface area contributed by atoms with Crippen LogP contribution in [0, 0.1) is 0 Å². The third-order valence-electron chi connectivity index (χ3n) is 3.58. The second kappa shape index (κ2) is 8.15. The van der Waals surface area contributed by atoms with Gasteiger partial charge in [-0.15, -0.1) is 5.10 Å². The first kappa shape index (κ1) is 17.5. The van der Waals surface area contributed by atoms with Gasteiger partial charge in [0, 0.05) is 5.56 Å². The minimum absolute atomic E-state index is 0.0572. The minimum Gasteiger partial charge on any atom is -0.497 e. The largest absolute Gasteiger partial charge is 0.497 e. The van der Waals surface area contributed by atoms with Crippen LogP contribution < -0.4 is 14.8 Å². The Hall–Kier alpha value is -3.35. The van der Waals surface area contributed by atoms with E-state index < -0.39 is 0 Å². The molecule has 0 aliphatic rings. The van der Waals surface area contributed by atoms with Crippen molar-refractivity contribution < 1.29 is 18.7 Å². The highest BCUT2D eigenvalue weighted by molar-refractivity contribution is 5.90. The van der Waals surface area contributed by atoms with Crippen molar-refractivity contribution in [2.45, 2.75) is 13.3 Å². The van der Waals surface area contributed by atoms with Crippen molar-refractivity contribution in [3.63, 3.8) is 0 Å². The Morgan fingerprint density at radius 1 is 1.12 bits per heavy atom. The Bertz CT molecular complexity index is 875. The van der Waals surface area contributed by atoms with Gasteiger partial charge in [-0.25, -0.2) is 0 Å². The van der Waals surface area contributed by atoms with Crippen molar-refractivity contribution in [2.75, 3.05) is 19.0 Å². The summed E-state index contributed by atoms with van der Waals surface area (Å²) in [5.41, 5.74) is 1.57. The summed E-state index contributed by atoms with van der Waals surface area (Å²) in [6.07, 6.45) is 0.179. The lowest BCUT2D eigenvalue weighted by Gasteiger charge is -2.04. The molecule has 1 aromatic heterocycles. The first-order valence-corrected chi connectivity index (χ1v) is 8.17. The number of benzene rings is 2. The SMILES string of the molecule is CCOc1ccc(-c2nnc(NC(=O)Cc3cccc(OC)c3)o2)cc1. The minimum atomic E-state index is -0.250. The van der Waals surface area contributed by atoms with Crippen LogP contribution in [0.15, 0.2) is 52.9 Å². The van der Waals surface area contributed by atoms with Crippen molar-refractivity contribution >= 4 is 11.9 Å². The second-order valence-electron chi connectivity index (χ2n) is 5.45. The number of anilines is 1. The topological polar surface area (TPSA) is 86.5 Å². The van der Waals surface area contributed by atoms with Crippen LogP contribution in [0.2, 0.25) is 0 Å². The number of carbonyl (C=O) groups is 1. The lowest BCUT2D eigenvalue weighted by atomic mass is 10.1. The molecule has 0 aliphatic carbocycles. The van der Waals surface area contributed by atoms with E-state index in [2.05, 4.69) is 15.5 Å². The number of amides is 1. The van der Waals surface area contributed by atoms with E-state index in [0.29, 0.717) is 18.2 Å². The van der Waals surface area contributed by atoms with Crippen LogP contribution in [-0.4, -0.2) is 29.8 Å². The van der Waals surface area contributed by atoms with E-state index in [-0.39, 0.29) is 18.3 Å². The summed E-state index contributed by atoms with van der Waals surface area (Å²) in [4.78, 5) is 12.1. The molecule has 3 aromatic rings. The third-order valence-corrected chi connectivity index (χ3v) is 3.58. The van der Waals surface area contributed by atoms with Crippen LogP contribution >= 0.6 is 0 Å². The molecule has 3 rings (SSSR count). The quantitative estimate of drug-likeness (QED) is 0.701. The summed E-state index contributed by atoms with van der Waals surface area (Å²) in [6, 6.07) is 14.7. The zero-order chi connectivity index (χ0) is 18.4. The summed E-state index contributed by atoms with van der Waals surface area (Å²) in [5, 5.41) is 10.4. The Morgan fingerprint density at radius 2 is 1.92 bits per heavy atom. The Balaban J connectivity index is 1.63. The smallest absolute Gasteiger partial charge is 0.322 e. The van der Waals surface area contributed by atoms with E-state index in [1.165, 1.54) is 0 Å². The molecular weight excluding hydrogens is 334 g/mol. The molecule has 2 aromatic carbocycles. The van der Waals surface area contributed by atoms with Gasteiger partial charge in [0.1, 0.15) is 11.5 Å². The van der Waals surface area contributed by atoms with E-state index in [0.717, 1.165) is 16.9 Å². The maximum absolute atomic E-state index is 12.1. The number of rotatable bonds is 7. The molecule has 0 unspecified atom stereocenters. The van der Waals surface area contributed by atoms with Crippen LogP contribution in [0.1, 0.15) is 12.5 Å². The van der Waals surface area contributed by atoms with E-state index in [9.17, 15) is 4.79 Å². The summed E-state index contributed by atoms with van der Waals surface area (Å²) in [5.74, 6) is 1.54. The van der Waals surface area contributed by atoms with Crippen molar-refractivity contribution in [2.24, 2.45) is 0 Å². The number of hydrogen-bond acceptors (Lipinski definition) is 6. The van der Waals surface area contributed by atoms with Gasteiger partial charge in [0.15, 0.2) is 0 Å². The number of nitrogens with zero attached hydrogens (tertiary/aromatic N) is 2. The number of aromatic nitrogens is 2. The maximum Gasteiger partial charge on any atom is 0.322 e. The first-order chi connectivity index (χ1) is 12.7. The van der Waals surface area contributed by atoms with Gasteiger partial charge in [-0.2, -0.15) is 0 Å².